The van der Waals surface area contributed by atoms with E-state index in [0.717, 1.165) is 22.2 Å². The molecule has 0 aliphatic heterocycles. The topological polar surface area (TPSA) is 38.1 Å². The van der Waals surface area contributed by atoms with Crippen molar-refractivity contribution in [3.05, 3.63) is 54.6 Å². The van der Waals surface area contributed by atoms with E-state index >= 15 is 0 Å². The summed E-state index contributed by atoms with van der Waals surface area (Å²) in [6, 6.07) is 12.2. The molecule has 2 aromatic carbocycles. The molecular weight excluding hydrogens is 293 g/mol. The van der Waals surface area contributed by atoms with Crippen LogP contribution in [0.25, 0.3) is 22.2 Å². The number of carbonyl (C=O) groups excluding carboxylic acids is 1. The Kier molecular flexibility index (Phi) is 4.10. The molecule has 0 fully saturated rings. The van der Waals surface area contributed by atoms with Crippen molar-refractivity contribution in [3.8, 4) is 11.1 Å². The first kappa shape index (κ1) is 15.2. The molecule has 1 amide bonds. The van der Waals surface area contributed by atoms with E-state index in [1.165, 1.54) is 12.1 Å². The Balaban J connectivity index is 1.91. The first-order valence-electron chi connectivity index (χ1n) is 7.53. The molecule has 0 radical (unpaired) electrons. The molecule has 0 aliphatic rings. The number of halogens is 1. The largest absolute Gasteiger partial charge is 0.344 e. The number of aromatic nitrogens is 2. The summed E-state index contributed by atoms with van der Waals surface area (Å²) in [6.07, 6.45) is 1.68. The highest BCUT2D eigenvalue weighted by Gasteiger charge is 2.11. The van der Waals surface area contributed by atoms with Crippen molar-refractivity contribution in [1.82, 2.24) is 14.5 Å². The van der Waals surface area contributed by atoms with Crippen LogP contribution < -0.4 is 0 Å². The number of rotatable bonds is 4. The summed E-state index contributed by atoms with van der Waals surface area (Å²) >= 11 is 0. The molecule has 0 N–H and O–H groups in total. The molecule has 3 aromatic rings. The molecular formula is C18H18FN3O. The summed E-state index contributed by atoms with van der Waals surface area (Å²) in [6.45, 7) is 2.90. The van der Waals surface area contributed by atoms with E-state index in [1.54, 1.807) is 30.4 Å². The Morgan fingerprint density at radius 2 is 1.87 bits per heavy atom. The third-order valence-electron chi connectivity index (χ3n) is 4.00. The van der Waals surface area contributed by atoms with Gasteiger partial charge in [-0.05, 0) is 42.3 Å². The van der Waals surface area contributed by atoms with Crippen LogP contribution in [0, 0.1) is 5.82 Å². The third kappa shape index (κ3) is 3.08. The van der Waals surface area contributed by atoms with Crippen LogP contribution in [0.1, 0.15) is 6.92 Å². The van der Waals surface area contributed by atoms with Gasteiger partial charge in [0.15, 0.2) is 0 Å². The van der Waals surface area contributed by atoms with E-state index < -0.39 is 0 Å². The van der Waals surface area contributed by atoms with Crippen molar-refractivity contribution in [2.24, 2.45) is 0 Å². The number of hydrogen-bond acceptors (Lipinski definition) is 2. The predicted octanol–water partition coefficient (Wildman–Crippen LogP) is 3.32. The van der Waals surface area contributed by atoms with Gasteiger partial charge in [-0.15, -0.1) is 0 Å². The second-order valence-corrected chi connectivity index (χ2v) is 5.49. The second-order valence-electron chi connectivity index (χ2n) is 5.49. The molecule has 0 atom stereocenters. The lowest BCUT2D eigenvalue weighted by Crippen LogP contribution is -2.29. The van der Waals surface area contributed by atoms with Gasteiger partial charge >= 0.3 is 0 Å². The molecule has 0 aliphatic carbocycles. The minimum Gasteiger partial charge on any atom is -0.344 e. The van der Waals surface area contributed by atoms with Crippen molar-refractivity contribution < 1.29 is 9.18 Å². The zero-order chi connectivity index (χ0) is 16.4. The van der Waals surface area contributed by atoms with Crippen molar-refractivity contribution in [1.29, 1.82) is 0 Å². The minimum absolute atomic E-state index is 0.0504. The summed E-state index contributed by atoms with van der Waals surface area (Å²) in [5, 5.41) is 0. The van der Waals surface area contributed by atoms with E-state index in [4.69, 9.17) is 0 Å². The molecule has 5 heteroatoms. The van der Waals surface area contributed by atoms with Crippen LogP contribution in [-0.2, 0) is 11.3 Å². The summed E-state index contributed by atoms with van der Waals surface area (Å²) in [4.78, 5) is 18.1. The van der Waals surface area contributed by atoms with Gasteiger partial charge < -0.3 is 9.47 Å². The first-order valence-corrected chi connectivity index (χ1v) is 7.53. The molecule has 3 rings (SSSR count). The maximum atomic E-state index is 13.0. The number of fused-ring (bicyclic) bond motifs is 1. The van der Waals surface area contributed by atoms with Gasteiger partial charge in [0, 0.05) is 13.6 Å². The number of hydrogen-bond donors (Lipinski definition) is 0. The van der Waals surface area contributed by atoms with Gasteiger partial charge in [-0.1, -0.05) is 18.2 Å². The first-order chi connectivity index (χ1) is 11.1. The molecule has 1 aromatic heterocycles. The fourth-order valence-corrected chi connectivity index (χ4v) is 2.45. The number of benzene rings is 2. The number of likely N-dealkylation sites (N-methyl/N-ethyl adjacent to an activating group) is 1. The summed E-state index contributed by atoms with van der Waals surface area (Å²) in [5.41, 5.74) is 3.64. The van der Waals surface area contributed by atoms with E-state index in [0.29, 0.717) is 6.54 Å². The highest BCUT2D eigenvalue weighted by Crippen LogP contribution is 2.24. The Morgan fingerprint density at radius 3 is 2.57 bits per heavy atom. The molecule has 0 spiro atoms. The van der Waals surface area contributed by atoms with Crippen LogP contribution in [0.15, 0.2) is 48.8 Å². The highest BCUT2D eigenvalue weighted by molar-refractivity contribution is 5.84. The quantitative estimate of drug-likeness (QED) is 0.741. The third-order valence-corrected chi connectivity index (χ3v) is 4.00. The van der Waals surface area contributed by atoms with E-state index in [1.807, 2.05) is 29.7 Å². The predicted molar refractivity (Wildman–Crippen MR) is 88.4 cm³/mol. The number of carbonyl (C=O) groups is 1. The summed E-state index contributed by atoms with van der Waals surface area (Å²) in [5.74, 6) is -0.202. The maximum Gasteiger partial charge on any atom is 0.242 e. The van der Waals surface area contributed by atoms with Crippen molar-refractivity contribution in [2.45, 2.75) is 13.5 Å². The van der Waals surface area contributed by atoms with Gasteiger partial charge in [-0.3, -0.25) is 4.79 Å². The molecule has 0 bridgehead atoms. The van der Waals surface area contributed by atoms with Crippen LogP contribution in [0.4, 0.5) is 4.39 Å². The minimum atomic E-state index is -0.252. The fourth-order valence-electron chi connectivity index (χ4n) is 2.45. The normalized spacial score (nSPS) is 10.9. The lowest BCUT2D eigenvalue weighted by Gasteiger charge is -2.14. The summed E-state index contributed by atoms with van der Waals surface area (Å²) in [7, 11) is 1.79. The second kappa shape index (κ2) is 6.20. The monoisotopic (exact) mass is 311 g/mol. The van der Waals surface area contributed by atoms with Gasteiger partial charge in [-0.25, -0.2) is 9.37 Å². The molecule has 0 saturated heterocycles. The SMILES string of the molecule is CCN(C)C(=O)Cn1cnc2cc(-c3ccc(F)cc3)ccc21. The maximum absolute atomic E-state index is 13.0. The fraction of sp³-hybridized carbons (Fsp3) is 0.222. The van der Waals surface area contributed by atoms with Crippen LogP contribution in [0.2, 0.25) is 0 Å². The number of amides is 1. The van der Waals surface area contributed by atoms with E-state index in [9.17, 15) is 9.18 Å². The van der Waals surface area contributed by atoms with Crippen molar-refractivity contribution in [3.63, 3.8) is 0 Å². The smallest absolute Gasteiger partial charge is 0.242 e. The van der Waals surface area contributed by atoms with Gasteiger partial charge in [0.05, 0.1) is 17.4 Å². The molecule has 4 nitrogen and oxygen atoms in total. The average molecular weight is 311 g/mol. The summed E-state index contributed by atoms with van der Waals surface area (Å²) < 4.78 is 14.9. The van der Waals surface area contributed by atoms with Crippen LogP contribution in [0.5, 0.6) is 0 Å². The van der Waals surface area contributed by atoms with Gasteiger partial charge in [0.2, 0.25) is 5.91 Å². The Hall–Kier alpha value is -2.69. The van der Waals surface area contributed by atoms with Crippen molar-refractivity contribution >= 4 is 16.9 Å². The van der Waals surface area contributed by atoms with E-state index in [2.05, 4.69) is 4.98 Å². The average Bonchev–Trinajstić information content (AvgIpc) is 2.97. The lowest BCUT2D eigenvalue weighted by atomic mass is 10.1. The van der Waals surface area contributed by atoms with Gasteiger partial charge in [0.25, 0.3) is 0 Å². The molecule has 0 unspecified atom stereocenters. The number of nitrogens with zero attached hydrogens (tertiary/aromatic N) is 3. The Morgan fingerprint density at radius 1 is 1.17 bits per heavy atom. The molecule has 0 saturated carbocycles. The van der Waals surface area contributed by atoms with Crippen molar-refractivity contribution in [2.75, 3.05) is 13.6 Å². The van der Waals surface area contributed by atoms with Gasteiger partial charge in [0.1, 0.15) is 12.4 Å². The van der Waals surface area contributed by atoms with E-state index in [-0.39, 0.29) is 18.3 Å². The Labute approximate surface area is 134 Å². The van der Waals surface area contributed by atoms with Crippen LogP contribution in [-0.4, -0.2) is 34.0 Å². The molecule has 1 heterocycles. The van der Waals surface area contributed by atoms with Gasteiger partial charge in [-0.2, -0.15) is 0 Å². The zero-order valence-corrected chi connectivity index (χ0v) is 13.2. The zero-order valence-electron chi connectivity index (χ0n) is 13.2. The molecule has 23 heavy (non-hydrogen) atoms. The molecule has 118 valence electrons. The standard InChI is InChI=1S/C18H18FN3O/c1-3-21(2)18(23)11-22-12-20-16-10-14(6-9-17(16)22)13-4-7-15(19)8-5-13/h4-10,12H,3,11H2,1-2H3. The van der Waals surface area contributed by atoms with Crippen LogP contribution >= 0.6 is 0 Å². The Bertz CT molecular complexity index is 839. The number of imidazole rings is 1. The highest BCUT2D eigenvalue weighted by atomic mass is 19.1. The lowest BCUT2D eigenvalue weighted by molar-refractivity contribution is -0.130. The van der Waals surface area contributed by atoms with Crippen LogP contribution in [0.3, 0.4) is 0 Å².